The molecule has 90 valence electrons. The van der Waals surface area contributed by atoms with E-state index in [-0.39, 0.29) is 0 Å². The van der Waals surface area contributed by atoms with Crippen LogP contribution in [0.2, 0.25) is 0 Å². The molecule has 0 unspecified atom stereocenters. The summed E-state index contributed by atoms with van der Waals surface area (Å²) >= 11 is 7.15. The Hall–Kier alpha value is -0.650. The van der Waals surface area contributed by atoms with Gasteiger partial charge in [-0.05, 0) is 69.6 Å². The van der Waals surface area contributed by atoms with E-state index in [1.165, 1.54) is 5.56 Å². The van der Waals surface area contributed by atoms with E-state index in [0.717, 1.165) is 26.9 Å². The second-order valence-corrected chi connectivity index (χ2v) is 5.57. The van der Waals surface area contributed by atoms with Crippen LogP contribution in [-0.4, -0.2) is 16.8 Å². The average Bonchev–Trinajstić information content (AvgIpc) is 2.65. The van der Waals surface area contributed by atoms with Crippen molar-refractivity contribution in [3.05, 3.63) is 44.6 Å². The van der Waals surface area contributed by atoms with Gasteiger partial charge < -0.3 is 5.32 Å². The van der Waals surface area contributed by atoms with Crippen molar-refractivity contribution in [2.75, 3.05) is 7.05 Å². The molecule has 5 heteroatoms. The van der Waals surface area contributed by atoms with E-state index in [4.69, 9.17) is 0 Å². The number of rotatable bonds is 3. The summed E-state index contributed by atoms with van der Waals surface area (Å²) in [6.45, 7) is 2.84. The molecular weight excluding hydrogens is 346 g/mol. The molecule has 0 aliphatic rings. The Morgan fingerprint density at radius 1 is 1.29 bits per heavy atom. The van der Waals surface area contributed by atoms with Crippen LogP contribution in [0.3, 0.4) is 0 Å². The van der Waals surface area contributed by atoms with Crippen LogP contribution < -0.4 is 5.32 Å². The fraction of sp³-hybridized carbons (Fsp3) is 0.250. The van der Waals surface area contributed by atoms with Crippen LogP contribution in [0.15, 0.2) is 33.3 Å². The molecule has 0 fully saturated rings. The van der Waals surface area contributed by atoms with Crippen LogP contribution in [0, 0.1) is 6.92 Å². The normalized spacial score (nSPS) is 10.8. The van der Waals surface area contributed by atoms with E-state index in [1.54, 1.807) is 0 Å². The maximum absolute atomic E-state index is 4.52. The first-order valence-corrected chi connectivity index (χ1v) is 6.85. The summed E-state index contributed by atoms with van der Waals surface area (Å²) in [5.41, 5.74) is 3.25. The van der Waals surface area contributed by atoms with E-state index in [9.17, 15) is 0 Å². The summed E-state index contributed by atoms with van der Waals surface area (Å²) in [5.74, 6) is 0. The first-order chi connectivity index (χ1) is 8.11. The summed E-state index contributed by atoms with van der Waals surface area (Å²) in [6.07, 6.45) is 1.97. The second kappa shape index (κ2) is 5.33. The fourth-order valence-corrected chi connectivity index (χ4v) is 3.45. The topological polar surface area (TPSA) is 29.9 Å². The van der Waals surface area contributed by atoms with Crippen molar-refractivity contribution in [1.82, 2.24) is 15.1 Å². The molecule has 2 rings (SSSR count). The summed E-state index contributed by atoms with van der Waals surface area (Å²) in [6, 6.07) is 6.17. The van der Waals surface area contributed by atoms with Gasteiger partial charge in [0.25, 0.3) is 0 Å². The molecule has 1 aromatic carbocycles. The molecule has 3 nitrogen and oxygen atoms in total. The zero-order chi connectivity index (χ0) is 12.4. The number of aromatic nitrogens is 2. The van der Waals surface area contributed by atoms with Gasteiger partial charge in [0.15, 0.2) is 0 Å². The molecule has 0 bridgehead atoms. The van der Waals surface area contributed by atoms with Crippen LogP contribution in [0.5, 0.6) is 0 Å². The molecular formula is C12H13Br2N3. The molecule has 17 heavy (non-hydrogen) atoms. The lowest BCUT2D eigenvalue weighted by molar-refractivity contribution is 0.755. The maximum Gasteiger partial charge on any atom is 0.0929 e. The van der Waals surface area contributed by atoms with E-state index < -0.39 is 0 Å². The summed E-state index contributed by atoms with van der Waals surface area (Å²) < 4.78 is 3.94. The van der Waals surface area contributed by atoms with Gasteiger partial charge in [0.1, 0.15) is 0 Å². The molecule has 0 saturated heterocycles. The van der Waals surface area contributed by atoms with Crippen molar-refractivity contribution in [3.8, 4) is 5.69 Å². The molecule has 0 aliphatic heterocycles. The van der Waals surface area contributed by atoms with Crippen LogP contribution in [0.4, 0.5) is 0 Å². The lowest BCUT2D eigenvalue weighted by atomic mass is 10.2. The van der Waals surface area contributed by atoms with Gasteiger partial charge in [0.2, 0.25) is 0 Å². The van der Waals surface area contributed by atoms with Gasteiger partial charge in [0, 0.05) is 21.7 Å². The van der Waals surface area contributed by atoms with E-state index in [1.807, 2.05) is 24.0 Å². The summed E-state index contributed by atoms with van der Waals surface area (Å²) in [7, 11) is 1.91. The third-order valence-corrected chi connectivity index (χ3v) is 3.60. The van der Waals surface area contributed by atoms with Crippen LogP contribution in [0.1, 0.15) is 11.3 Å². The zero-order valence-corrected chi connectivity index (χ0v) is 12.8. The molecule has 1 N–H and O–H groups in total. The largest absolute Gasteiger partial charge is 0.314 e. The first kappa shape index (κ1) is 12.8. The van der Waals surface area contributed by atoms with Crippen molar-refractivity contribution < 1.29 is 0 Å². The average molecular weight is 359 g/mol. The Kier molecular flexibility index (Phi) is 4.01. The van der Waals surface area contributed by atoms with Gasteiger partial charge in [-0.2, -0.15) is 5.10 Å². The van der Waals surface area contributed by atoms with Gasteiger partial charge in [-0.25, -0.2) is 4.68 Å². The van der Waals surface area contributed by atoms with E-state index in [0.29, 0.717) is 0 Å². The number of hydrogen-bond acceptors (Lipinski definition) is 2. The smallest absolute Gasteiger partial charge is 0.0929 e. The van der Waals surface area contributed by atoms with Crippen molar-refractivity contribution in [1.29, 1.82) is 0 Å². The highest BCUT2D eigenvalue weighted by molar-refractivity contribution is 9.11. The SMILES string of the molecule is CNCc1ccn(-c2c(Br)cc(C)cc2Br)n1. The minimum atomic E-state index is 0.772. The van der Waals surface area contributed by atoms with Gasteiger partial charge in [0.05, 0.1) is 11.4 Å². The highest BCUT2D eigenvalue weighted by Gasteiger charge is 2.09. The lowest BCUT2D eigenvalue weighted by Gasteiger charge is -2.08. The molecule has 0 aliphatic carbocycles. The van der Waals surface area contributed by atoms with Crippen molar-refractivity contribution in [3.63, 3.8) is 0 Å². The highest BCUT2D eigenvalue weighted by Crippen LogP contribution is 2.30. The van der Waals surface area contributed by atoms with Gasteiger partial charge in [-0.15, -0.1) is 0 Å². The Morgan fingerprint density at radius 3 is 2.53 bits per heavy atom. The number of hydrogen-bond donors (Lipinski definition) is 1. The Labute approximate surface area is 117 Å². The maximum atomic E-state index is 4.52. The minimum Gasteiger partial charge on any atom is -0.314 e. The second-order valence-electron chi connectivity index (χ2n) is 3.86. The van der Waals surface area contributed by atoms with Crippen molar-refractivity contribution in [2.24, 2.45) is 0 Å². The highest BCUT2D eigenvalue weighted by atomic mass is 79.9. The van der Waals surface area contributed by atoms with Gasteiger partial charge >= 0.3 is 0 Å². The van der Waals surface area contributed by atoms with Crippen molar-refractivity contribution >= 4 is 31.9 Å². The standard InChI is InChI=1S/C12H13Br2N3/c1-8-5-10(13)12(11(14)6-8)17-4-3-9(16-17)7-15-2/h3-6,15H,7H2,1-2H3. The number of nitrogens with one attached hydrogen (secondary N) is 1. The molecule has 1 heterocycles. The third-order valence-electron chi connectivity index (χ3n) is 2.39. The molecule has 0 radical (unpaired) electrons. The summed E-state index contributed by atoms with van der Waals surface area (Å²) in [4.78, 5) is 0. The van der Waals surface area contributed by atoms with Crippen LogP contribution in [-0.2, 0) is 6.54 Å². The first-order valence-electron chi connectivity index (χ1n) is 5.27. The number of aryl methyl sites for hydroxylation is 1. The molecule has 0 amide bonds. The number of halogens is 2. The monoisotopic (exact) mass is 357 g/mol. The summed E-state index contributed by atoms with van der Waals surface area (Å²) in [5, 5.41) is 7.60. The third kappa shape index (κ3) is 2.78. The molecule has 2 aromatic rings. The lowest BCUT2D eigenvalue weighted by Crippen LogP contribution is -2.06. The van der Waals surface area contributed by atoms with Gasteiger partial charge in [-0.3, -0.25) is 0 Å². The van der Waals surface area contributed by atoms with Crippen LogP contribution in [0.25, 0.3) is 5.69 Å². The number of nitrogens with zero attached hydrogens (tertiary/aromatic N) is 2. The minimum absolute atomic E-state index is 0.772. The number of benzene rings is 1. The molecule has 0 spiro atoms. The predicted molar refractivity (Wildman–Crippen MR) is 76.5 cm³/mol. The van der Waals surface area contributed by atoms with Crippen LogP contribution >= 0.6 is 31.9 Å². The molecule has 0 saturated carbocycles. The fourth-order valence-electron chi connectivity index (χ4n) is 1.67. The van der Waals surface area contributed by atoms with Gasteiger partial charge in [-0.1, -0.05) is 0 Å². The molecule has 0 atom stereocenters. The predicted octanol–water partition coefficient (Wildman–Crippen LogP) is 3.43. The Balaban J connectivity index is 2.45. The Morgan fingerprint density at radius 2 is 1.94 bits per heavy atom. The zero-order valence-electron chi connectivity index (χ0n) is 9.67. The van der Waals surface area contributed by atoms with E-state index in [2.05, 4.69) is 61.3 Å². The quantitative estimate of drug-likeness (QED) is 0.910. The van der Waals surface area contributed by atoms with Crippen molar-refractivity contribution in [2.45, 2.75) is 13.5 Å². The Bertz CT molecular complexity index is 511. The molecule has 1 aromatic heterocycles. The van der Waals surface area contributed by atoms with E-state index >= 15 is 0 Å².